The number of benzene rings is 3. The van der Waals surface area contributed by atoms with E-state index in [2.05, 4.69) is 0 Å². The summed E-state index contributed by atoms with van der Waals surface area (Å²) in [5, 5.41) is 20.4. The van der Waals surface area contributed by atoms with Gasteiger partial charge < -0.3 is 14.7 Å². The molecule has 0 spiro atoms. The third-order valence-corrected chi connectivity index (χ3v) is 3.80. The number of rotatable bonds is 4. The fourth-order valence-corrected chi connectivity index (χ4v) is 2.77. The summed E-state index contributed by atoms with van der Waals surface area (Å²) in [4.78, 5) is 0. The van der Waals surface area contributed by atoms with E-state index in [1.54, 1.807) is 54.6 Å². The Labute approximate surface area is 134 Å². The molecule has 0 atom stereocenters. The summed E-state index contributed by atoms with van der Waals surface area (Å²) >= 11 is 0. The maximum absolute atomic E-state index is 10.9. The minimum Gasteiger partial charge on any atom is -0.507 e. The van der Waals surface area contributed by atoms with Gasteiger partial charge in [-0.15, -0.1) is 0 Å². The first-order valence-corrected chi connectivity index (χ1v) is 7.65. The van der Waals surface area contributed by atoms with Crippen molar-refractivity contribution in [3.8, 4) is 39.5 Å². The van der Waals surface area contributed by atoms with Crippen LogP contribution in [0.2, 0.25) is 0 Å². The van der Waals surface area contributed by atoms with Crippen molar-refractivity contribution in [1.82, 2.24) is 0 Å². The smallest absolute Gasteiger partial charge is 0.395 e. The van der Waals surface area contributed by atoms with Gasteiger partial charge in [-0.2, -0.15) is 0 Å². The Hall–Kier alpha value is -2.84. The van der Waals surface area contributed by atoms with Crippen LogP contribution in [0.1, 0.15) is 0 Å². The summed E-state index contributed by atoms with van der Waals surface area (Å²) in [5.41, 5.74) is 2.37. The van der Waals surface area contributed by atoms with Crippen LogP contribution in [0.5, 0.6) is 17.2 Å². The molecule has 0 heterocycles. The molecule has 2 N–H and O–H groups in total. The van der Waals surface area contributed by atoms with Gasteiger partial charge in [0, 0.05) is 16.7 Å². The molecule has 0 aliphatic carbocycles. The topological polar surface area (TPSA) is 66.8 Å². The minimum absolute atomic E-state index is 0.0720. The third kappa shape index (κ3) is 2.89. The van der Waals surface area contributed by atoms with Gasteiger partial charge in [-0.25, -0.2) is 4.57 Å². The lowest BCUT2D eigenvalue weighted by Gasteiger charge is -2.15. The van der Waals surface area contributed by atoms with Crippen molar-refractivity contribution in [3.05, 3.63) is 66.7 Å². The fourth-order valence-electron chi connectivity index (χ4n) is 2.54. The molecule has 0 aliphatic rings. The molecular formula is C18H13O4P. The Morgan fingerprint density at radius 2 is 1.26 bits per heavy atom. The van der Waals surface area contributed by atoms with Gasteiger partial charge in [0.2, 0.25) is 0 Å². The molecule has 0 unspecified atom stereocenters. The predicted octanol–water partition coefficient (Wildman–Crippen LogP) is 5.02. The van der Waals surface area contributed by atoms with Crippen LogP contribution in [0.15, 0.2) is 66.7 Å². The van der Waals surface area contributed by atoms with Crippen molar-refractivity contribution in [2.75, 3.05) is 0 Å². The lowest BCUT2D eigenvalue weighted by atomic mass is 9.93. The number of hydrogen-bond acceptors (Lipinski definition) is 4. The van der Waals surface area contributed by atoms with Gasteiger partial charge in [0.15, 0.2) is 0 Å². The van der Waals surface area contributed by atoms with Crippen molar-refractivity contribution < 1.29 is 19.3 Å². The van der Waals surface area contributed by atoms with Crippen LogP contribution in [-0.2, 0) is 4.57 Å². The monoisotopic (exact) mass is 324 g/mol. The zero-order valence-corrected chi connectivity index (χ0v) is 12.9. The minimum atomic E-state index is -0.493. The lowest BCUT2D eigenvalue weighted by Crippen LogP contribution is -1.90. The molecule has 23 heavy (non-hydrogen) atoms. The molecule has 0 saturated carbocycles. The van der Waals surface area contributed by atoms with Crippen molar-refractivity contribution in [1.29, 1.82) is 0 Å². The van der Waals surface area contributed by atoms with Gasteiger partial charge in [0.1, 0.15) is 17.2 Å². The molecule has 114 valence electrons. The molecule has 5 heteroatoms. The largest absolute Gasteiger partial charge is 0.507 e. The van der Waals surface area contributed by atoms with Crippen LogP contribution in [-0.4, -0.2) is 10.2 Å². The normalized spacial score (nSPS) is 10.6. The standard InChI is InChI=1S/C18H13O4P/c19-15-9-3-1-6-12(15)13-8-5-11-17(22-23-21)18(13)14-7-2-4-10-16(14)20/h1-11,19-20H. The molecule has 0 aromatic heterocycles. The molecular weight excluding hydrogens is 311 g/mol. The highest BCUT2D eigenvalue weighted by Crippen LogP contribution is 2.45. The summed E-state index contributed by atoms with van der Waals surface area (Å²) < 4.78 is 16.1. The van der Waals surface area contributed by atoms with E-state index in [-0.39, 0.29) is 11.5 Å². The second kappa shape index (κ2) is 6.51. The van der Waals surface area contributed by atoms with E-state index in [0.29, 0.717) is 28.0 Å². The maximum atomic E-state index is 10.9. The van der Waals surface area contributed by atoms with Crippen LogP contribution in [0.25, 0.3) is 22.3 Å². The number of phenols is 2. The molecule has 3 aromatic rings. The first-order chi connectivity index (χ1) is 11.2. The summed E-state index contributed by atoms with van der Waals surface area (Å²) in [5.74, 6) is 0.535. The summed E-state index contributed by atoms with van der Waals surface area (Å²) in [6.45, 7) is 0. The second-order valence-corrected chi connectivity index (χ2v) is 5.21. The number of phenolic OH excluding ortho intramolecular Hbond substituents is 2. The number of para-hydroxylation sites is 2. The van der Waals surface area contributed by atoms with Crippen molar-refractivity contribution in [3.63, 3.8) is 0 Å². The van der Waals surface area contributed by atoms with E-state index >= 15 is 0 Å². The van der Waals surface area contributed by atoms with E-state index in [4.69, 9.17) is 4.52 Å². The average Bonchev–Trinajstić information content (AvgIpc) is 2.56. The highest BCUT2D eigenvalue weighted by Gasteiger charge is 2.18. The van der Waals surface area contributed by atoms with Gasteiger partial charge in [0.25, 0.3) is 0 Å². The van der Waals surface area contributed by atoms with Crippen molar-refractivity contribution >= 4 is 8.69 Å². The van der Waals surface area contributed by atoms with Crippen LogP contribution < -0.4 is 4.52 Å². The highest BCUT2D eigenvalue weighted by molar-refractivity contribution is 7.17. The molecule has 0 amide bonds. The molecule has 0 radical (unpaired) electrons. The Bertz CT molecular complexity index is 861. The maximum Gasteiger partial charge on any atom is 0.395 e. The zero-order valence-electron chi connectivity index (χ0n) is 12.0. The SMILES string of the molecule is O=POc1cccc(-c2ccccc2O)c1-c1ccccc1O. The molecule has 0 aliphatic heterocycles. The Kier molecular flexibility index (Phi) is 4.26. The van der Waals surface area contributed by atoms with Crippen LogP contribution >= 0.6 is 8.69 Å². The molecule has 4 nitrogen and oxygen atoms in total. The molecule has 3 aromatic carbocycles. The quantitative estimate of drug-likeness (QED) is 0.661. The Balaban J connectivity index is 2.33. The van der Waals surface area contributed by atoms with Crippen LogP contribution in [0, 0.1) is 0 Å². The van der Waals surface area contributed by atoms with E-state index in [9.17, 15) is 14.8 Å². The van der Waals surface area contributed by atoms with Gasteiger partial charge in [-0.1, -0.05) is 48.5 Å². The predicted molar refractivity (Wildman–Crippen MR) is 88.9 cm³/mol. The van der Waals surface area contributed by atoms with E-state index < -0.39 is 8.69 Å². The van der Waals surface area contributed by atoms with E-state index in [0.717, 1.165) is 0 Å². The highest BCUT2D eigenvalue weighted by atomic mass is 31.1. The second-order valence-electron chi connectivity index (χ2n) is 4.88. The first kappa shape index (κ1) is 15.1. The molecule has 0 saturated heterocycles. The van der Waals surface area contributed by atoms with Crippen LogP contribution in [0.3, 0.4) is 0 Å². The van der Waals surface area contributed by atoms with E-state index in [1.165, 1.54) is 0 Å². The zero-order chi connectivity index (χ0) is 16.2. The average molecular weight is 324 g/mol. The lowest BCUT2D eigenvalue weighted by molar-refractivity contribution is 0.475. The van der Waals surface area contributed by atoms with Crippen molar-refractivity contribution in [2.45, 2.75) is 0 Å². The van der Waals surface area contributed by atoms with Gasteiger partial charge in [0.05, 0.1) is 0 Å². The summed E-state index contributed by atoms with van der Waals surface area (Å²) in [6.07, 6.45) is 0. The van der Waals surface area contributed by atoms with E-state index in [1.807, 2.05) is 12.1 Å². The number of aromatic hydroxyl groups is 2. The first-order valence-electron chi connectivity index (χ1n) is 6.92. The van der Waals surface area contributed by atoms with Gasteiger partial charge in [-0.3, -0.25) is 0 Å². The Morgan fingerprint density at radius 1 is 0.696 bits per heavy atom. The summed E-state index contributed by atoms with van der Waals surface area (Å²) in [6, 6.07) is 18.9. The van der Waals surface area contributed by atoms with Gasteiger partial charge >= 0.3 is 8.69 Å². The Morgan fingerprint density at radius 3 is 1.87 bits per heavy atom. The molecule has 3 rings (SSSR count). The van der Waals surface area contributed by atoms with Gasteiger partial charge in [-0.05, 0) is 23.8 Å². The summed E-state index contributed by atoms with van der Waals surface area (Å²) in [7, 11) is -0.493. The van der Waals surface area contributed by atoms with Crippen molar-refractivity contribution in [2.24, 2.45) is 0 Å². The third-order valence-electron chi connectivity index (χ3n) is 3.53. The number of hydrogen-bond donors (Lipinski definition) is 2. The molecule has 0 bridgehead atoms. The van der Waals surface area contributed by atoms with Crippen LogP contribution in [0.4, 0.5) is 0 Å². The molecule has 0 fully saturated rings. The fraction of sp³-hybridized carbons (Fsp3) is 0.